The molecule has 0 aliphatic carbocycles. The molecule has 1 aromatic heterocycles. The zero-order valence-corrected chi connectivity index (χ0v) is 10.8. The maximum absolute atomic E-state index is 6.07. The van der Waals surface area contributed by atoms with Crippen LogP contribution in [0.1, 0.15) is 24.4 Å². The van der Waals surface area contributed by atoms with Crippen molar-refractivity contribution in [1.82, 2.24) is 14.8 Å². The van der Waals surface area contributed by atoms with Crippen molar-refractivity contribution >= 4 is 23.2 Å². The number of hydrogen-bond donors (Lipinski definition) is 1. The maximum atomic E-state index is 6.07. The van der Waals surface area contributed by atoms with Crippen LogP contribution >= 0.6 is 23.2 Å². The van der Waals surface area contributed by atoms with E-state index in [9.17, 15) is 0 Å². The average molecular weight is 271 g/mol. The van der Waals surface area contributed by atoms with Crippen molar-refractivity contribution in [3.63, 3.8) is 0 Å². The van der Waals surface area contributed by atoms with Crippen molar-refractivity contribution in [2.45, 2.75) is 19.5 Å². The molecule has 0 amide bonds. The van der Waals surface area contributed by atoms with Gasteiger partial charge in [-0.1, -0.05) is 23.2 Å². The van der Waals surface area contributed by atoms with Crippen molar-refractivity contribution in [3.05, 3.63) is 46.0 Å². The Morgan fingerprint density at radius 1 is 1.41 bits per heavy atom. The molecule has 2 rings (SSSR count). The molecule has 0 aliphatic rings. The van der Waals surface area contributed by atoms with Gasteiger partial charge in [0.25, 0.3) is 0 Å². The number of rotatable bonds is 3. The van der Waals surface area contributed by atoms with Crippen LogP contribution in [-0.4, -0.2) is 14.8 Å². The fourth-order valence-corrected chi connectivity index (χ4v) is 1.80. The van der Waals surface area contributed by atoms with Crippen molar-refractivity contribution in [2.75, 3.05) is 0 Å². The van der Waals surface area contributed by atoms with Crippen LogP contribution in [0.25, 0.3) is 0 Å². The summed E-state index contributed by atoms with van der Waals surface area (Å²) < 4.78 is 1.69. The van der Waals surface area contributed by atoms with E-state index in [1.165, 1.54) is 0 Å². The maximum Gasteiger partial charge on any atom is 0.166 e. The first-order chi connectivity index (χ1) is 8.06. The molecule has 2 N–H and O–H groups in total. The van der Waals surface area contributed by atoms with Gasteiger partial charge in [0.15, 0.2) is 5.82 Å². The molecule has 0 saturated heterocycles. The third-order valence-corrected chi connectivity index (χ3v) is 2.91. The van der Waals surface area contributed by atoms with Crippen LogP contribution in [0.15, 0.2) is 24.5 Å². The lowest BCUT2D eigenvalue weighted by atomic mass is 10.2. The van der Waals surface area contributed by atoms with Gasteiger partial charge in [0, 0.05) is 10.0 Å². The molecular weight excluding hydrogens is 259 g/mol. The molecule has 2 aromatic rings. The molecule has 1 heterocycles. The summed E-state index contributed by atoms with van der Waals surface area (Å²) in [5, 5.41) is 5.56. The minimum Gasteiger partial charge on any atom is -0.321 e. The second-order valence-corrected chi connectivity index (χ2v) is 4.67. The molecule has 6 heteroatoms. The number of aromatic nitrogens is 3. The normalized spacial score (nSPS) is 12.7. The highest BCUT2D eigenvalue weighted by Crippen LogP contribution is 2.21. The molecule has 0 bridgehead atoms. The summed E-state index contributed by atoms with van der Waals surface area (Å²) in [5.41, 5.74) is 6.59. The van der Waals surface area contributed by atoms with Gasteiger partial charge in [-0.3, -0.25) is 0 Å². The van der Waals surface area contributed by atoms with Gasteiger partial charge in [-0.05, 0) is 30.7 Å². The summed E-state index contributed by atoms with van der Waals surface area (Å²) in [7, 11) is 0. The molecule has 0 radical (unpaired) electrons. The fraction of sp³-hybridized carbons (Fsp3) is 0.273. The van der Waals surface area contributed by atoms with Gasteiger partial charge in [0.1, 0.15) is 6.33 Å². The lowest BCUT2D eigenvalue weighted by Gasteiger charge is -2.04. The van der Waals surface area contributed by atoms with E-state index < -0.39 is 0 Å². The minimum absolute atomic E-state index is 0.175. The van der Waals surface area contributed by atoms with Crippen LogP contribution in [0.3, 0.4) is 0 Å². The fourth-order valence-electron chi connectivity index (χ4n) is 1.43. The number of nitrogens with two attached hydrogens (primary N) is 1. The molecule has 0 spiro atoms. The summed E-state index contributed by atoms with van der Waals surface area (Å²) in [5.74, 6) is 0.614. The van der Waals surface area contributed by atoms with Gasteiger partial charge in [-0.15, -0.1) is 0 Å². The molecule has 0 aliphatic heterocycles. The largest absolute Gasteiger partial charge is 0.321 e. The summed E-state index contributed by atoms with van der Waals surface area (Å²) in [6, 6.07) is 5.16. The predicted octanol–water partition coefficient (Wildman–Crippen LogP) is 2.65. The summed E-state index contributed by atoms with van der Waals surface area (Å²) in [4.78, 5) is 4.11. The van der Waals surface area contributed by atoms with E-state index in [0.29, 0.717) is 22.4 Å². The van der Waals surface area contributed by atoms with E-state index in [2.05, 4.69) is 10.1 Å². The van der Waals surface area contributed by atoms with Crippen molar-refractivity contribution in [3.8, 4) is 0 Å². The van der Waals surface area contributed by atoms with E-state index in [4.69, 9.17) is 28.9 Å². The smallest absolute Gasteiger partial charge is 0.166 e. The number of hydrogen-bond acceptors (Lipinski definition) is 3. The number of benzene rings is 1. The van der Waals surface area contributed by atoms with Gasteiger partial charge >= 0.3 is 0 Å². The summed E-state index contributed by atoms with van der Waals surface area (Å²) in [6.45, 7) is 2.37. The molecule has 17 heavy (non-hydrogen) atoms. The first kappa shape index (κ1) is 12.4. The van der Waals surface area contributed by atoms with Gasteiger partial charge in [0.05, 0.1) is 12.6 Å². The number of nitrogens with zero attached hydrogens (tertiary/aromatic N) is 3. The van der Waals surface area contributed by atoms with E-state index >= 15 is 0 Å². The Balaban J connectivity index is 2.22. The SMILES string of the molecule is CC(N)c1ncn(Cc2cc(Cl)ccc2Cl)n1. The van der Waals surface area contributed by atoms with Crippen LogP contribution in [0.5, 0.6) is 0 Å². The second kappa shape index (κ2) is 5.04. The predicted molar refractivity (Wildman–Crippen MR) is 68.2 cm³/mol. The first-order valence-corrected chi connectivity index (χ1v) is 5.90. The van der Waals surface area contributed by atoms with Crippen LogP contribution in [0.4, 0.5) is 0 Å². The molecule has 90 valence electrons. The molecule has 1 atom stereocenters. The Hall–Kier alpha value is -1.10. The summed E-state index contributed by atoms with van der Waals surface area (Å²) in [6.07, 6.45) is 1.63. The molecule has 0 fully saturated rings. The molecule has 1 unspecified atom stereocenters. The van der Waals surface area contributed by atoms with Gasteiger partial charge < -0.3 is 5.73 Å². The van der Waals surface area contributed by atoms with Gasteiger partial charge in [-0.25, -0.2) is 9.67 Å². The third kappa shape index (κ3) is 2.97. The van der Waals surface area contributed by atoms with E-state index in [-0.39, 0.29) is 6.04 Å². The van der Waals surface area contributed by atoms with Crippen LogP contribution in [0, 0.1) is 0 Å². The van der Waals surface area contributed by atoms with E-state index in [0.717, 1.165) is 5.56 Å². The van der Waals surface area contributed by atoms with Gasteiger partial charge in [-0.2, -0.15) is 5.10 Å². The molecule has 1 aromatic carbocycles. The van der Waals surface area contributed by atoms with E-state index in [1.54, 1.807) is 23.1 Å². The quantitative estimate of drug-likeness (QED) is 0.933. The monoisotopic (exact) mass is 270 g/mol. The average Bonchev–Trinajstić information content (AvgIpc) is 2.72. The third-order valence-electron chi connectivity index (χ3n) is 2.30. The van der Waals surface area contributed by atoms with Crippen molar-refractivity contribution < 1.29 is 0 Å². The zero-order chi connectivity index (χ0) is 12.4. The Morgan fingerprint density at radius 2 is 2.18 bits per heavy atom. The highest BCUT2D eigenvalue weighted by atomic mass is 35.5. The highest BCUT2D eigenvalue weighted by molar-refractivity contribution is 6.33. The highest BCUT2D eigenvalue weighted by Gasteiger charge is 2.07. The standard InChI is InChI=1S/C11H12Cl2N4/c1-7(14)11-15-6-17(16-11)5-8-4-9(12)2-3-10(8)13/h2-4,6-7H,5,14H2,1H3. The van der Waals surface area contributed by atoms with Gasteiger partial charge in [0.2, 0.25) is 0 Å². The Bertz CT molecular complexity index is 522. The van der Waals surface area contributed by atoms with Crippen LogP contribution in [-0.2, 0) is 6.54 Å². The Kier molecular flexibility index (Phi) is 3.66. The molecule has 0 saturated carbocycles. The van der Waals surface area contributed by atoms with Crippen molar-refractivity contribution in [1.29, 1.82) is 0 Å². The lowest BCUT2D eigenvalue weighted by Crippen LogP contribution is -2.08. The Morgan fingerprint density at radius 3 is 2.82 bits per heavy atom. The minimum atomic E-state index is -0.175. The molecule has 4 nitrogen and oxygen atoms in total. The number of halogens is 2. The summed E-state index contributed by atoms with van der Waals surface area (Å²) >= 11 is 12.0. The zero-order valence-electron chi connectivity index (χ0n) is 9.27. The topological polar surface area (TPSA) is 56.7 Å². The second-order valence-electron chi connectivity index (χ2n) is 3.82. The molecular formula is C11H12Cl2N4. The lowest BCUT2D eigenvalue weighted by molar-refractivity contribution is 0.649. The van der Waals surface area contributed by atoms with Crippen LogP contribution < -0.4 is 5.73 Å². The Labute approximate surface area is 109 Å². The van der Waals surface area contributed by atoms with Crippen molar-refractivity contribution in [2.24, 2.45) is 5.73 Å². The van der Waals surface area contributed by atoms with Crippen LogP contribution in [0.2, 0.25) is 10.0 Å². The first-order valence-electron chi connectivity index (χ1n) is 5.15. The van der Waals surface area contributed by atoms with E-state index in [1.807, 2.05) is 13.0 Å².